The van der Waals surface area contributed by atoms with Crippen molar-refractivity contribution in [3.8, 4) is 0 Å². The molecular weight excluding hydrogens is 280 g/mol. The summed E-state index contributed by atoms with van der Waals surface area (Å²) in [7, 11) is 1.75. The molecule has 0 aliphatic heterocycles. The lowest BCUT2D eigenvalue weighted by Crippen LogP contribution is -2.12. The van der Waals surface area contributed by atoms with Gasteiger partial charge in [-0.15, -0.1) is 0 Å². The molecule has 0 amide bonds. The van der Waals surface area contributed by atoms with Crippen LogP contribution in [0.2, 0.25) is 0 Å². The predicted molar refractivity (Wildman–Crippen MR) is 97.6 cm³/mol. The van der Waals surface area contributed by atoms with Gasteiger partial charge in [-0.3, -0.25) is 0 Å². The van der Waals surface area contributed by atoms with E-state index in [2.05, 4.69) is 55.1 Å². The molecule has 0 saturated heterocycles. The second-order valence-electron chi connectivity index (χ2n) is 6.59. The van der Waals surface area contributed by atoms with Crippen molar-refractivity contribution >= 4 is 6.08 Å². The summed E-state index contributed by atoms with van der Waals surface area (Å²) in [6, 6.07) is 17.9. The van der Waals surface area contributed by atoms with Gasteiger partial charge in [0.25, 0.3) is 0 Å². The monoisotopic (exact) mass is 306 g/mol. The van der Waals surface area contributed by atoms with Gasteiger partial charge in [-0.1, -0.05) is 61.2 Å². The molecule has 0 unspecified atom stereocenters. The molecule has 2 aromatic carbocycles. The highest BCUT2D eigenvalue weighted by Gasteiger charge is 2.23. The molecule has 0 atom stereocenters. The Morgan fingerprint density at radius 3 is 1.78 bits per heavy atom. The fourth-order valence-corrected chi connectivity index (χ4v) is 3.72. The van der Waals surface area contributed by atoms with E-state index in [-0.39, 0.29) is 0 Å². The highest BCUT2D eigenvalue weighted by Crippen LogP contribution is 2.40. The second kappa shape index (κ2) is 7.61. The minimum Gasteiger partial charge on any atom is -0.380 e. The zero-order valence-corrected chi connectivity index (χ0v) is 14.0. The van der Waals surface area contributed by atoms with Crippen molar-refractivity contribution in [2.75, 3.05) is 7.11 Å². The summed E-state index contributed by atoms with van der Waals surface area (Å²) in [5.74, 6) is 1.44. The Morgan fingerprint density at radius 1 is 0.870 bits per heavy atom. The average molecular weight is 306 g/mol. The van der Waals surface area contributed by atoms with Crippen LogP contribution in [0.5, 0.6) is 0 Å². The highest BCUT2D eigenvalue weighted by molar-refractivity contribution is 5.47. The van der Waals surface area contributed by atoms with Crippen LogP contribution in [0.25, 0.3) is 6.08 Å². The molecule has 1 heteroatoms. The third-order valence-corrected chi connectivity index (χ3v) is 5.13. The summed E-state index contributed by atoms with van der Waals surface area (Å²) < 4.78 is 5.19. The van der Waals surface area contributed by atoms with Gasteiger partial charge in [-0.25, -0.2) is 0 Å². The van der Waals surface area contributed by atoms with E-state index < -0.39 is 0 Å². The highest BCUT2D eigenvalue weighted by atomic mass is 16.5. The molecule has 0 spiro atoms. The van der Waals surface area contributed by atoms with Crippen molar-refractivity contribution in [3.63, 3.8) is 0 Å². The standard InChI is InChI=1S/C22H26O/c1-3-17-4-8-19(9-5-17)21-12-14-22(15-13-21)20-10-6-18(7-11-20)16-23-2/h3-11,21-22H,1,12-16H2,2H3/t21-,22-. The molecule has 3 rings (SSSR count). The van der Waals surface area contributed by atoms with Crippen LogP contribution in [0, 0.1) is 0 Å². The number of rotatable bonds is 5. The Morgan fingerprint density at radius 2 is 1.35 bits per heavy atom. The molecule has 0 radical (unpaired) electrons. The van der Waals surface area contributed by atoms with Crippen molar-refractivity contribution in [1.29, 1.82) is 0 Å². The van der Waals surface area contributed by atoms with Crippen molar-refractivity contribution < 1.29 is 4.74 Å². The lowest BCUT2D eigenvalue weighted by Gasteiger charge is -2.29. The Kier molecular flexibility index (Phi) is 5.30. The van der Waals surface area contributed by atoms with Crippen LogP contribution in [-0.2, 0) is 11.3 Å². The van der Waals surface area contributed by atoms with Crippen LogP contribution < -0.4 is 0 Å². The number of benzene rings is 2. The van der Waals surface area contributed by atoms with E-state index >= 15 is 0 Å². The van der Waals surface area contributed by atoms with Gasteiger partial charge in [0, 0.05) is 7.11 Å². The van der Waals surface area contributed by atoms with Crippen LogP contribution in [0.3, 0.4) is 0 Å². The first-order valence-corrected chi connectivity index (χ1v) is 8.60. The lowest BCUT2D eigenvalue weighted by molar-refractivity contribution is 0.185. The number of hydrogen-bond donors (Lipinski definition) is 0. The summed E-state index contributed by atoms with van der Waals surface area (Å²) in [5.41, 5.74) is 5.45. The Balaban J connectivity index is 1.59. The smallest absolute Gasteiger partial charge is 0.0713 e. The first kappa shape index (κ1) is 16.0. The Bertz CT molecular complexity index is 616. The molecule has 0 bridgehead atoms. The van der Waals surface area contributed by atoms with E-state index in [4.69, 9.17) is 4.74 Å². The number of hydrogen-bond acceptors (Lipinski definition) is 1. The van der Waals surface area contributed by atoms with Crippen LogP contribution in [0.1, 0.15) is 59.8 Å². The summed E-state index contributed by atoms with van der Waals surface area (Å²) in [5, 5.41) is 0. The van der Waals surface area contributed by atoms with Crippen molar-refractivity contribution in [3.05, 3.63) is 77.4 Å². The minimum atomic E-state index is 0.702. The average Bonchev–Trinajstić information content (AvgIpc) is 2.63. The van der Waals surface area contributed by atoms with Gasteiger partial charge in [0.2, 0.25) is 0 Å². The Hall–Kier alpha value is -1.86. The molecule has 0 heterocycles. The Labute approximate surface area is 140 Å². The van der Waals surface area contributed by atoms with Gasteiger partial charge in [-0.2, -0.15) is 0 Å². The van der Waals surface area contributed by atoms with Crippen molar-refractivity contribution in [2.24, 2.45) is 0 Å². The third kappa shape index (κ3) is 3.92. The third-order valence-electron chi connectivity index (χ3n) is 5.13. The maximum atomic E-state index is 5.19. The molecule has 1 fully saturated rings. The van der Waals surface area contributed by atoms with Gasteiger partial charge in [-0.05, 0) is 59.8 Å². The predicted octanol–water partition coefficient (Wildman–Crippen LogP) is 5.92. The fourth-order valence-electron chi connectivity index (χ4n) is 3.72. The van der Waals surface area contributed by atoms with Crippen molar-refractivity contribution in [2.45, 2.75) is 44.1 Å². The molecule has 120 valence electrons. The van der Waals surface area contributed by atoms with Gasteiger partial charge < -0.3 is 4.74 Å². The van der Waals surface area contributed by atoms with Gasteiger partial charge in [0.15, 0.2) is 0 Å². The van der Waals surface area contributed by atoms with Gasteiger partial charge in [0.05, 0.1) is 6.61 Å². The van der Waals surface area contributed by atoms with Crippen LogP contribution >= 0.6 is 0 Å². The first-order valence-electron chi connectivity index (χ1n) is 8.60. The fraction of sp³-hybridized carbons (Fsp3) is 0.364. The summed E-state index contributed by atoms with van der Waals surface area (Å²) in [6.45, 7) is 4.53. The summed E-state index contributed by atoms with van der Waals surface area (Å²) in [6.07, 6.45) is 7.07. The molecule has 1 aliphatic carbocycles. The van der Waals surface area contributed by atoms with E-state index in [1.807, 2.05) is 6.08 Å². The lowest BCUT2D eigenvalue weighted by atomic mass is 9.76. The molecule has 1 nitrogen and oxygen atoms in total. The van der Waals surface area contributed by atoms with Crippen LogP contribution in [0.4, 0.5) is 0 Å². The molecule has 1 saturated carbocycles. The molecule has 0 N–H and O–H groups in total. The van der Waals surface area contributed by atoms with E-state index in [0.29, 0.717) is 6.61 Å². The van der Waals surface area contributed by atoms with E-state index in [0.717, 1.165) is 11.8 Å². The first-order chi connectivity index (χ1) is 11.3. The van der Waals surface area contributed by atoms with E-state index in [1.165, 1.54) is 47.9 Å². The van der Waals surface area contributed by atoms with Crippen LogP contribution in [0.15, 0.2) is 55.1 Å². The summed E-state index contributed by atoms with van der Waals surface area (Å²) >= 11 is 0. The number of ether oxygens (including phenoxy) is 1. The second-order valence-corrected chi connectivity index (χ2v) is 6.59. The summed E-state index contributed by atoms with van der Waals surface area (Å²) in [4.78, 5) is 0. The van der Waals surface area contributed by atoms with Crippen molar-refractivity contribution in [1.82, 2.24) is 0 Å². The molecule has 1 aliphatic rings. The quantitative estimate of drug-likeness (QED) is 0.666. The van der Waals surface area contributed by atoms with E-state index in [9.17, 15) is 0 Å². The molecule has 0 aromatic heterocycles. The largest absolute Gasteiger partial charge is 0.380 e. The normalized spacial score (nSPS) is 21.1. The number of methoxy groups -OCH3 is 1. The topological polar surface area (TPSA) is 9.23 Å². The zero-order valence-electron chi connectivity index (χ0n) is 14.0. The molecule has 2 aromatic rings. The van der Waals surface area contributed by atoms with E-state index in [1.54, 1.807) is 7.11 Å². The van der Waals surface area contributed by atoms with Gasteiger partial charge in [0.1, 0.15) is 0 Å². The SMILES string of the molecule is C=Cc1ccc([C@H]2CC[C@H](c3ccc(COC)cc3)CC2)cc1. The van der Waals surface area contributed by atoms with Gasteiger partial charge >= 0.3 is 0 Å². The maximum absolute atomic E-state index is 5.19. The minimum absolute atomic E-state index is 0.702. The maximum Gasteiger partial charge on any atom is 0.0713 e. The zero-order chi connectivity index (χ0) is 16.1. The van der Waals surface area contributed by atoms with Crippen LogP contribution in [-0.4, -0.2) is 7.11 Å². The molecular formula is C22H26O. The molecule has 23 heavy (non-hydrogen) atoms.